The molecule has 0 rings (SSSR count). The average Bonchev–Trinajstić information content (AvgIpc) is 1.41. The van der Waals surface area contributed by atoms with Crippen molar-refractivity contribution in [2.45, 2.75) is 401 Å². The van der Waals surface area contributed by atoms with Crippen LogP contribution < -0.4 is 0 Å². The van der Waals surface area contributed by atoms with Crippen molar-refractivity contribution in [2.75, 3.05) is 39.6 Å². The molecule has 5 atom stereocenters. The van der Waals surface area contributed by atoms with Crippen molar-refractivity contribution in [3.8, 4) is 0 Å². The van der Waals surface area contributed by atoms with Gasteiger partial charge in [-0.3, -0.25) is 37.3 Å². The molecule has 0 amide bonds. The van der Waals surface area contributed by atoms with Gasteiger partial charge in [-0.1, -0.05) is 331 Å². The van der Waals surface area contributed by atoms with E-state index in [0.717, 1.165) is 108 Å². The minimum absolute atomic E-state index is 0.103. The number of esters is 4. The molecule has 0 aromatic heterocycles. The number of ether oxygens (including phenoxy) is 4. The molecule has 0 saturated heterocycles. The van der Waals surface area contributed by atoms with Crippen LogP contribution in [0.2, 0.25) is 0 Å². The van der Waals surface area contributed by atoms with Crippen molar-refractivity contribution in [3.05, 3.63) is 0 Å². The highest BCUT2D eigenvalue weighted by Crippen LogP contribution is 2.45. The van der Waals surface area contributed by atoms with Crippen molar-refractivity contribution in [2.24, 2.45) is 23.7 Å². The molecule has 95 heavy (non-hydrogen) atoms. The summed E-state index contributed by atoms with van der Waals surface area (Å²) in [6, 6.07) is 0. The number of aliphatic hydroxyl groups excluding tert-OH is 1. The monoisotopic (exact) mass is 1400 g/mol. The van der Waals surface area contributed by atoms with Crippen molar-refractivity contribution < 1.29 is 80.2 Å². The van der Waals surface area contributed by atoms with Crippen molar-refractivity contribution in [3.63, 3.8) is 0 Å². The summed E-state index contributed by atoms with van der Waals surface area (Å²) >= 11 is 0. The minimum atomic E-state index is -4.96. The van der Waals surface area contributed by atoms with Crippen LogP contribution in [0.4, 0.5) is 0 Å². The van der Waals surface area contributed by atoms with Gasteiger partial charge in [0.05, 0.1) is 26.4 Å². The van der Waals surface area contributed by atoms with E-state index in [9.17, 15) is 43.2 Å². The van der Waals surface area contributed by atoms with Gasteiger partial charge in [0.15, 0.2) is 12.2 Å². The maximum Gasteiger partial charge on any atom is 0.472 e. The molecule has 0 saturated carbocycles. The fourth-order valence-corrected chi connectivity index (χ4v) is 13.1. The number of aliphatic hydroxyl groups is 1. The zero-order valence-electron chi connectivity index (χ0n) is 62.3. The Bertz CT molecular complexity index is 1870. The topological polar surface area (TPSA) is 237 Å². The van der Waals surface area contributed by atoms with Crippen LogP contribution in [0, 0.1) is 23.7 Å². The summed E-state index contributed by atoms with van der Waals surface area (Å²) in [5.74, 6) is 0.888. The molecular weight excluding hydrogens is 1250 g/mol. The van der Waals surface area contributed by atoms with Crippen LogP contribution in [-0.2, 0) is 65.4 Å². The maximum absolute atomic E-state index is 13.1. The zero-order valence-corrected chi connectivity index (χ0v) is 64.1. The maximum atomic E-state index is 13.1. The number of hydrogen-bond donors (Lipinski definition) is 3. The van der Waals surface area contributed by atoms with Gasteiger partial charge < -0.3 is 33.8 Å². The first-order valence-corrected chi connectivity index (χ1v) is 42.2. The van der Waals surface area contributed by atoms with Crippen molar-refractivity contribution in [1.29, 1.82) is 0 Å². The van der Waals surface area contributed by atoms with E-state index >= 15 is 0 Å². The van der Waals surface area contributed by atoms with Crippen molar-refractivity contribution in [1.82, 2.24) is 0 Å². The molecule has 0 aliphatic rings. The van der Waals surface area contributed by atoms with Gasteiger partial charge in [-0.15, -0.1) is 0 Å². The molecule has 564 valence electrons. The third kappa shape index (κ3) is 70.3. The Kier molecular flexibility index (Phi) is 64.0. The second kappa shape index (κ2) is 65.4. The van der Waals surface area contributed by atoms with E-state index < -0.39 is 97.5 Å². The van der Waals surface area contributed by atoms with E-state index in [4.69, 9.17) is 37.0 Å². The molecule has 19 heteroatoms. The van der Waals surface area contributed by atoms with E-state index in [-0.39, 0.29) is 25.7 Å². The summed E-state index contributed by atoms with van der Waals surface area (Å²) in [6.07, 6.45) is 50.2. The number of hydrogen-bond acceptors (Lipinski definition) is 15. The molecule has 0 fully saturated rings. The van der Waals surface area contributed by atoms with E-state index in [2.05, 4.69) is 55.4 Å². The Morgan fingerprint density at radius 2 is 0.442 bits per heavy atom. The average molecular weight is 1400 g/mol. The summed E-state index contributed by atoms with van der Waals surface area (Å²) < 4.78 is 68.5. The van der Waals surface area contributed by atoms with Gasteiger partial charge in [-0.2, -0.15) is 0 Å². The van der Waals surface area contributed by atoms with Gasteiger partial charge in [-0.05, 0) is 49.4 Å². The van der Waals surface area contributed by atoms with Gasteiger partial charge >= 0.3 is 39.5 Å². The summed E-state index contributed by atoms with van der Waals surface area (Å²) in [4.78, 5) is 72.8. The summed E-state index contributed by atoms with van der Waals surface area (Å²) in [5, 5.41) is 10.6. The van der Waals surface area contributed by atoms with Crippen LogP contribution in [0.3, 0.4) is 0 Å². The summed E-state index contributed by atoms with van der Waals surface area (Å²) in [7, 11) is -9.91. The van der Waals surface area contributed by atoms with Gasteiger partial charge in [0.25, 0.3) is 0 Å². The standard InChI is InChI=1S/C76H148O17P2/c1-66(2)52-44-36-28-21-17-13-11-9-10-12-14-19-23-32-40-48-56-73(78)86-62-71(92-75(80)58-50-42-34-24-20-16-15-18-22-29-37-45-53-67(3)4)64-90-94(82,83)88-60-70(77)61-89-95(84,85)91-65-72(93-76(81)59-51-43-35-27-31-39-47-55-69(7)8)63-87-74(79)57-49-41-33-26-25-30-38-46-54-68(5)6/h66-72,77H,9-65H2,1-8H3,(H,82,83)(H,84,85)/t70?,71-,72-/m1/s1. The Morgan fingerprint density at radius 3 is 0.653 bits per heavy atom. The van der Waals surface area contributed by atoms with Crippen LogP contribution in [0.25, 0.3) is 0 Å². The lowest BCUT2D eigenvalue weighted by Gasteiger charge is -2.21. The lowest BCUT2D eigenvalue weighted by molar-refractivity contribution is -0.161. The largest absolute Gasteiger partial charge is 0.472 e. The molecule has 17 nitrogen and oxygen atoms in total. The first-order valence-electron chi connectivity index (χ1n) is 39.2. The summed E-state index contributed by atoms with van der Waals surface area (Å²) in [6.45, 7) is 14.1. The van der Waals surface area contributed by atoms with Crippen LogP contribution in [0.1, 0.15) is 383 Å². The van der Waals surface area contributed by atoms with Gasteiger partial charge in [0.2, 0.25) is 0 Å². The van der Waals surface area contributed by atoms with Crippen LogP contribution in [-0.4, -0.2) is 96.7 Å². The molecule has 0 heterocycles. The number of phosphoric acid groups is 2. The molecule has 3 N–H and O–H groups in total. The van der Waals surface area contributed by atoms with Crippen molar-refractivity contribution >= 4 is 39.5 Å². The minimum Gasteiger partial charge on any atom is -0.462 e. The zero-order chi connectivity index (χ0) is 70.3. The molecule has 0 radical (unpaired) electrons. The van der Waals surface area contributed by atoms with Gasteiger partial charge in [0.1, 0.15) is 19.3 Å². The number of rotatable bonds is 73. The Balaban J connectivity index is 5.22. The SMILES string of the molecule is CC(C)CCCCCCCCCCCCCCCCCCC(=O)OC[C@H](COP(=O)(O)OCC(O)COP(=O)(O)OC[C@@H](COC(=O)CCCCCCCCCCC(C)C)OC(=O)CCCCCCCCCC(C)C)OC(=O)CCCCCCCCCCCCCCC(C)C. The molecule has 0 aromatic rings. The second-order valence-electron chi connectivity index (χ2n) is 29.3. The number of carbonyl (C=O) groups excluding carboxylic acids is 4. The number of carbonyl (C=O) groups is 4. The second-order valence-corrected chi connectivity index (χ2v) is 32.2. The van der Waals surface area contributed by atoms with Crippen LogP contribution in [0.5, 0.6) is 0 Å². The number of phosphoric ester groups is 2. The third-order valence-corrected chi connectivity index (χ3v) is 19.5. The fourth-order valence-electron chi connectivity index (χ4n) is 11.6. The first kappa shape index (κ1) is 93.1. The fraction of sp³-hybridized carbons (Fsp3) is 0.947. The quantitative estimate of drug-likeness (QED) is 0.0222. The van der Waals surface area contributed by atoms with Crippen LogP contribution >= 0.6 is 15.6 Å². The molecule has 0 aromatic carbocycles. The number of unbranched alkanes of at least 4 members (excludes halogenated alkanes) is 39. The Morgan fingerprint density at radius 1 is 0.263 bits per heavy atom. The van der Waals surface area contributed by atoms with Gasteiger partial charge in [0, 0.05) is 25.7 Å². The first-order chi connectivity index (χ1) is 45.6. The smallest absolute Gasteiger partial charge is 0.462 e. The normalized spacial score (nSPS) is 14.1. The predicted octanol–water partition coefficient (Wildman–Crippen LogP) is 22.0. The Labute approximate surface area is 581 Å². The molecule has 0 aliphatic carbocycles. The van der Waals surface area contributed by atoms with E-state index in [1.165, 1.54) is 186 Å². The van der Waals surface area contributed by atoms with E-state index in [1.54, 1.807) is 0 Å². The lowest BCUT2D eigenvalue weighted by Crippen LogP contribution is -2.30. The van der Waals surface area contributed by atoms with Crippen LogP contribution in [0.15, 0.2) is 0 Å². The van der Waals surface area contributed by atoms with E-state index in [1.807, 2.05) is 0 Å². The molecular formula is C76H148O17P2. The highest BCUT2D eigenvalue weighted by molar-refractivity contribution is 7.47. The lowest BCUT2D eigenvalue weighted by atomic mass is 10.0. The molecule has 3 unspecified atom stereocenters. The van der Waals surface area contributed by atoms with E-state index in [0.29, 0.717) is 31.6 Å². The van der Waals surface area contributed by atoms with Gasteiger partial charge in [-0.25, -0.2) is 9.13 Å². The molecule has 0 bridgehead atoms. The molecule has 0 spiro atoms. The highest BCUT2D eigenvalue weighted by Gasteiger charge is 2.30. The third-order valence-electron chi connectivity index (χ3n) is 17.6. The predicted molar refractivity (Wildman–Crippen MR) is 386 cm³/mol. The highest BCUT2D eigenvalue weighted by atomic mass is 31.2. The molecule has 0 aliphatic heterocycles. The Hall–Kier alpha value is -1.94. The summed E-state index contributed by atoms with van der Waals surface area (Å²) in [5.41, 5.74) is 0.